The van der Waals surface area contributed by atoms with Crippen molar-refractivity contribution in [3.8, 4) is 28.6 Å². The molecule has 0 bridgehead atoms. The van der Waals surface area contributed by atoms with E-state index in [1.54, 1.807) is 7.11 Å². The molecule has 3 N–H and O–H groups in total. The first kappa shape index (κ1) is 23.0. The Hall–Kier alpha value is -3.78. The third kappa shape index (κ3) is 5.17. The lowest BCUT2D eigenvalue weighted by Gasteiger charge is -2.23. The predicted molar refractivity (Wildman–Crippen MR) is 135 cm³/mol. The van der Waals surface area contributed by atoms with Crippen LogP contribution in [0, 0.1) is 5.92 Å². The van der Waals surface area contributed by atoms with Gasteiger partial charge in [-0.15, -0.1) is 0 Å². The summed E-state index contributed by atoms with van der Waals surface area (Å²) in [6.07, 6.45) is 2.16. The number of hydrogen-bond acceptors (Lipinski definition) is 7. The van der Waals surface area contributed by atoms with Crippen LogP contribution in [-0.2, 0) is 0 Å². The lowest BCUT2D eigenvalue weighted by atomic mass is 9.98. The topological polar surface area (TPSA) is 93.7 Å². The predicted octanol–water partition coefficient (Wildman–Crippen LogP) is 4.00. The summed E-state index contributed by atoms with van der Waals surface area (Å²) in [7, 11) is 1.58. The van der Waals surface area contributed by atoms with Crippen molar-refractivity contribution in [3.05, 3.63) is 60.2 Å². The number of benzene rings is 2. The minimum atomic E-state index is -0.0942. The molecular weight excluding hydrogens is 444 g/mol. The number of aromatic nitrogens is 1. The second kappa shape index (κ2) is 10.7. The molecule has 1 saturated heterocycles. The zero-order valence-electron chi connectivity index (χ0n) is 19.8. The number of nitrogens with zero attached hydrogens (tertiary/aromatic N) is 1. The second-order valence-electron chi connectivity index (χ2n) is 8.66. The fourth-order valence-corrected chi connectivity index (χ4v) is 4.47. The van der Waals surface area contributed by atoms with E-state index in [1.165, 1.54) is 0 Å². The molecule has 1 fully saturated rings. The van der Waals surface area contributed by atoms with Crippen molar-refractivity contribution in [2.75, 3.05) is 45.3 Å². The van der Waals surface area contributed by atoms with E-state index in [0.29, 0.717) is 65.7 Å². The number of rotatable bonds is 7. The van der Waals surface area contributed by atoms with Gasteiger partial charge in [-0.1, -0.05) is 18.2 Å². The van der Waals surface area contributed by atoms with E-state index in [9.17, 15) is 4.79 Å². The molecular formula is C27H30N4O4. The Morgan fingerprint density at radius 1 is 1.03 bits per heavy atom. The van der Waals surface area contributed by atoms with Gasteiger partial charge in [0.2, 0.25) is 5.88 Å². The molecule has 0 spiro atoms. The molecule has 5 rings (SSSR count). The van der Waals surface area contributed by atoms with Crippen LogP contribution < -0.4 is 30.2 Å². The third-order valence-corrected chi connectivity index (χ3v) is 6.35. The summed E-state index contributed by atoms with van der Waals surface area (Å²) < 4.78 is 17.1. The zero-order chi connectivity index (χ0) is 24.0. The Kier molecular flexibility index (Phi) is 6.99. The molecule has 3 aromatic rings. The van der Waals surface area contributed by atoms with Crippen LogP contribution in [0.1, 0.15) is 23.2 Å². The smallest absolute Gasteiger partial charge is 0.253 e. The van der Waals surface area contributed by atoms with Crippen LogP contribution in [0.2, 0.25) is 0 Å². The first-order chi connectivity index (χ1) is 17.2. The highest BCUT2D eigenvalue weighted by atomic mass is 16.6. The normalized spacial score (nSPS) is 15.3. The van der Waals surface area contributed by atoms with E-state index >= 15 is 0 Å². The molecule has 182 valence electrons. The number of hydrogen-bond donors (Lipinski definition) is 3. The Morgan fingerprint density at radius 3 is 2.71 bits per heavy atom. The lowest BCUT2D eigenvalue weighted by molar-refractivity contribution is 0.0945. The first-order valence-corrected chi connectivity index (χ1v) is 12.0. The quantitative estimate of drug-likeness (QED) is 0.477. The van der Waals surface area contributed by atoms with Gasteiger partial charge in [-0.3, -0.25) is 4.79 Å². The molecule has 8 nitrogen and oxygen atoms in total. The fraction of sp³-hybridized carbons (Fsp3) is 0.333. The Bertz CT molecular complexity index is 1190. The number of anilines is 2. The zero-order valence-corrected chi connectivity index (χ0v) is 19.8. The number of pyridine rings is 1. The number of ether oxygens (including phenoxy) is 3. The van der Waals surface area contributed by atoms with Gasteiger partial charge in [0.25, 0.3) is 5.91 Å². The highest BCUT2D eigenvalue weighted by Crippen LogP contribution is 2.40. The number of carbonyl (C=O) groups excluding carboxylic acids is 1. The van der Waals surface area contributed by atoms with Crippen molar-refractivity contribution in [2.24, 2.45) is 5.92 Å². The molecule has 0 unspecified atom stereocenters. The summed E-state index contributed by atoms with van der Waals surface area (Å²) in [6, 6.07) is 17.0. The Balaban J connectivity index is 1.36. The first-order valence-electron chi connectivity index (χ1n) is 12.0. The van der Waals surface area contributed by atoms with Gasteiger partial charge < -0.3 is 30.2 Å². The van der Waals surface area contributed by atoms with Gasteiger partial charge in [-0.25, -0.2) is 4.98 Å². The molecule has 2 aliphatic rings. The van der Waals surface area contributed by atoms with Crippen molar-refractivity contribution in [2.45, 2.75) is 12.8 Å². The number of methoxy groups -OCH3 is 1. The van der Waals surface area contributed by atoms with Gasteiger partial charge >= 0.3 is 0 Å². The van der Waals surface area contributed by atoms with Crippen molar-refractivity contribution in [1.82, 2.24) is 15.6 Å². The maximum Gasteiger partial charge on any atom is 0.253 e. The number of fused-ring (bicyclic) bond motifs is 1. The molecule has 0 aliphatic carbocycles. The van der Waals surface area contributed by atoms with Gasteiger partial charge in [0, 0.05) is 12.1 Å². The van der Waals surface area contributed by atoms with Crippen LogP contribution >= 0.6 is 0 Å². The summed E-state index contributed by atoms with van der Waals surface area (Å²) in [5.41, 5.74) is 3.48. The number of amides is 1. The number of para-hydroxylation sites is 2. The van der Waals surface area contributed by atoms with Crippen molar-refractivity contribution < 1.29 is 19.0 Å². The Labute approximate surface area is 205 Å². The van der Waals surface area contributed by atoms with E-state index in [-0.39, 0.29) is 5.91 Å². The average molecular weight is 475 g/mol. The molecule has 2 aliphatic heterocycles. The maximum absolute atomic E-state index is 13.0. The highest BCUT2D eigenvalue weighted by Gasteiger charge is 2.20. The summed E-state index contributed by atoms with van der Waals surface area (Å²) in [5, 5.41) is 9.80. The molecule has 1 amide bonds. The van der Waals surface area contributed by atoms with Crippen molar-refractivity contribution in [1.29, 1.82) is 0 Å². The number of nitrogens with one attached hydrogen (secondary N) is 3. The Morgan fingerprint density at radius 2 is 1.86 bits per heavy atom. The van der Waals surface area contributed by atoms with E-state index in [0.717, 1.165) is 31.5 Å². The van der Waals surface area contributed by atoms with E-state index in [4.69, 9.17) is 19.2 Å². The number of carbonyl (C=O) groups is 1. The van der Waals surface area contributed by atoms with E-state index < -0.39 is 0 Å². The minimum absolute atomic E-state index is 0.0942. The molecule has 0 atom stereocenters. The molecule has 3 heterocycles. The van der Waals surface area contributed by atoms with Crippen LogP contribution in [0.4, 0.5) is 11.4 Å². The van der Waals surface area contributed by atoms with Crippen LogP contribution in [0.3, 0.4) is 0 Å². The summed E-state index contributed by atoms with van der Waals surface area (Å²) in [6.45, 7) is 3.72. The fourth-order valence-electron chi connectivity index (χ4n) is 4.47. The van der Waals surface area contributed by atoms with Gasteiger partial charge in [-0.05, 0) is 68.2 Å². The largest absolute Gasteiger partial charge is 0.486 e. The lowest BCUT2D eigenvalue weighted by Crippen LogP contribution is -2.36. The van der Waals surface area contributed by atoms with Gasteiger partial charge in [0.05, 0.1) is 24.1 Å². The molecule has 1 aromatic heterocycles. The SMILES string of the molecule is COc1nc(-c2cccc3c2OCCO3)ccc1Nc1ccccc1C(=O)NCC1CCNCC1. The van der Waals surface area contributed by atoms with E-state index in [1.807, 2.05) is 54.6 Å². The molecule has 2 aromatic carbocycles. The van der Waals surface area contributed by atoms with E-state index in [2.05, 4.69) is 16.0 Å². The maximum atomic E-state index is 13.0. The van der Waals surface area contributed by atoms with Crippen LogP contribution in [0.15, 0.2) is 54.6 Å². The average Bonchev–Trinajstić information content (AvgIpc) is 2.92. The summed E-state index contributed by atoms with van der Waals surface area (Å²) in [4.78, 5) is 17.7. The van der Waals surface area contributed by atoms with Crippen LogP contribution in [-0.4, -0.2) is 50.8 Å². The summed E-state index contributed by atoms with van der Waals surface area (Å²) >= 11 is 0. The van der Waals surface area contributed by atoms with Gasteiger partial charge in [0.1, 0.15) is 18.9 Å². The minimum Gasteiger partial charge on any atom is -0.486 e. The molecule has 0 radical (unpaired) electrons. The highest BCUT2D eigenvalue weighted by molar-refractivity contribution is 6.00. The van der Waals surface area contributed by atoms with Crippen LogP contribution in [0.25, 0.3) is 11.3 Å². The molecule has 35 heavy (non-hydrogen) atoms. The van der Waals surface area contributed by atoms with Crippen molar-refractivity contribution >= 4 is 17.3 Å². The third-order valence-electron chi connectivity index (χ3n) is 6.35. The standard InChI is InChI=1S/C27H30N4O4/c1-33-27-23(10-9-22(31-27)19-6-4-8-24-25(19)35-16-15-34-24)30-21-7-3-2-5-20(21)26(32)29-17-18-11-13-28-14-12-18/h2-10,18,28,30H,11-17H2,1H3,(H,29,32). The molecule has 8 heteroatoms. The van der Waals surface area contributed by atoms with Gasteiger partial charge in [-0.2, -0.15) is 0 Å². The van der Waals surface area contributed by atoms with Crippen LogP contribution in [0.5, 0.6) is 17.4 Å². The van der Waals surface area contributed by atoms with Gasteiger partial charge in [0.15, 0.2) is 11.5 Å². The van der Waals surface area contributed by atoms with Crippen molar-refractivity contribution in [3.63, 3.8) is 0 Å². The molecule has 0 saturated carbocycles. The summed E-state index contributed by atoms with van der Waals surface area (Å²) in [5.74, 6) is 2.23. The monoisotopic (exact) mass is 474 g/mol. The second-order valence-corrected chi connectivity index (χ2v) is 8.66. The number of piperidine rings is 1.